The standard InChI is InChI=1S/C29H30Cl4N2O2S/c1-3-19(2)34-29(37)27(15-20-7-5-4-6-8-20)35(16-21-9-11-23(30)25(32)13-21)28(36)18-38-17-22-10-12-24(31)26(33)14-22/h4-14,19,27H,3,15-18H2,1-2H3,(H,34,37)/t19-,27+/m0/s1. The number of carbonyl (C=O) groups excluding carboxylic acids is 2. The Balaban J connectivity index is 1.87. The number of hydrogen-bond acceptors (Lipinski definition) is 3. The Bertz CT molecular complexity index is 1240. The fourth-order valence-corrected chi connectivity index (χ4v) is 5.30. The van der Waals surface area contributed by atoms with E-state index in [0.717, 1.165) is 23.1 Å². The zero-order valence-electron chi connectivity index (χ0n) is 21.2. The maximum Gasteiger partial charge on any atom is 0.243 e. The smallest absolute Gasteiger partial charge is 0.243 e. The highest BCUT2D eigenvalue weighted by Gasteiger charge is 2.31. The summed E-state index contributed by atoms with van der Waals surface area (Å²) in [5.74, 6) is 0.419. The Kier molecular flexibility index (Phi) is 12.1. The molecule has 9 heteroatoms. The van der Waals surface area contributed by atoms with E-state index in [1.54, 1.807) is 29.2 Å². The van der Waals surface area contributed by atoms with Crippen molar-refractivity contribution in [3.05, 3.63) is 104 Å². The molecule has 0 bridgehead atoms. The van der Waals surface area contributed by atoms with E-state index in [0.29, 0.717) is 32.3 Å². The van der Waals surface area contributed by atoms with Gasteiger partial charge in [-0.3, -0.25) is 9.59 Å². The Hall–Kier alpha value is -1.89. The Labute approximate surface area is 249 Å². The van der Waals surface area contributed by atoms with Crippen LogP contribution < -0.4 is 5.32 Å². The first-order chi connectivity index (χ1) is 18.2. The number of rotatable bonds is 12. The number of halogens is 4. The van der Waals surface area contributed by atoms with Gasteiger partial charge in [-0.25, -0.2) is 0 Å². The van der Waals surface area contributed by atoms with Crippen LogP contribution >= 0.6 is 58.2 Å². The second-order valence-corrected chi connectivity index (χ2v) is 11.6. The van der Waals surface area contributed by atoms with Gasteiger partial charge in [-0.1, -0.05) is 95.8 Å². The second-order valence-electron chi connectivity index (χ2n) is 9.03. The zero-order valence-corrected chi connectivity index (χ0v) is 25.1. The molecule has 0 saturated heterocycles. The van der Waals surface area contributed by atoms with Crippen LogP contribution in [-0.4, -0.2) is 34.6 Å². The van der Waals surface area contributed by atoms with E-state index in [9.17, 15) is 9.59 Å². The van der Waals surface area contributed by atoms with E-state index in [4.69, 9.17) is 46.4 Å². The topological polar surface area (TPSA) is 49.4 Å². The molecule has 3 rings (SSSR count). The lowest BCUT2D eigenvalue weighted by Crippen LogP contribution is -2.52. The van der Waals surface area contributed by atoms with E-state index >= 15 is 0 Å². The van der Waals surface area contributed by atoms with E-state index in [1.807, 2.05) is 56.3 Å². The first kappa shape index (κ1) is 30.6. The van der Waals surface area contributed by atoms with Gasteiger partial charge in [-0.2, -0.15) is 0 Å². The van der Waals surface area contributed by atoms with Gasteiger partial charge in [0.2, 0.25) is 11.8 Å². The molecule has 0 heterocycles. The minimum absolute atomic E-state index is 0.0215. The van der Waals surface area contributed by atoms with Crippen LogP contribution in [0.4, 0.5) is 0 Å². The lowest BCUT2D eigenvalue weighted by atomic mass is 10.0. The van der Waals surface area contributed by atoms with E-state index in [-0.39, 0.29) is 30.2 Å². The molecule has 3 aromatic carbocycles. The highest BCUT2D eigenvalue weighted by Crippen LogP contribution is 2.27. The maximum absolute atomic E-state index is 13.7. The third-order valence-electron chi connectivity index (χ3n) is 6.09. The van der Waals surface area contributed by atoms with Crippen molar-refractivity contribution in [2.75, 3.05) is 5.75 Å². The van der Waals surface area contributed by atoms with Crippen molar-refractivity contribution in [1.82, 2.24) is 10.2 Å². The molecule has 0 aliphatic heterocycles. The predicted octanol–water partition coefficient (Wildman–Crippen LogP) is 8.09. The second kappa shape index (κ2) is 15.0. The molecule has 0 spiro atoms. The van der Waals surface area contributed by atoms with Crippen LogP contribution in [0.15, 0.2) is 66.7 Å². The van der Waals surface area contributed by atoms with Crippen LogP contribution in [0.2, 0.25) is 20.1 Å². The molecule has 0 aliphatic rings. The molecule has 4 nitrogen and oxygen atoms in total. The molecule has 38 heavy (non-hydrogen) atoms. The predicted molar refractivity (Wildman–Crippen MR) is 161 cm³/mol. The minimum Gasteiger partial charge on any atom is -0.352 e. The van der Waals surface area contributed by atoms with E-state index < -0.39 is 6.04 Å². The van der Waals surface area contributed by atoms with E-state index in [1.165, 1.54) is 11.8 Å². The van der Waals surface area contributed by atoms with Gasteiger partial charge in [0.05, 0.1) is 25.8 Å². The number of thioether (sulfide) groups is 1. The lowest BCUT2D eigenvalue weighted by molar-refractivity contribution is -0.139. The number of carbonyl (C=O) groups is 2. The third kappa shape index (κ3) is 9.10. The van der Waals surface area contributed by atoms with Crippen molar-refractivity contribution in [2.24, 2.45) is 0 Å². The summed E-state index contributed by atoms with van der Waals surface area (Å²) in [6.07, 6.45) is 1.16. The quantitative estimate of drug-likeness (QED) is 0.225. The summed E-state index contributed by atoms with van der Waals surface area (Å²) in [5, 5.41) is 4.86. The van der Waals surface area contributed by atoms with E-state index in [2.05, 4.69) is 5.32 Å². The molecule has 0 radical (unpaired) electrons. The monoisotopic (exact) mass is 610 g/mol. The molecule has 0 fully saturated rings. The summed E-state index contributed by atoms with van der Waals surface area (Å²) in [7, 11) is 0. The average molecular weight is 612 g/mol. The lowest BCUT2D eigenvalue weighted by Gasteiger charge is -2.32. The summed E-state index contributed by atoms with van der Waals surface area (Å²) in [6, 6.07) is 19.7. The molecule has 202 valence electrons. The van der Waals surface area contributed by atoms with Gasteiger partial charge in [-0.15, -0.1) is 11.8 Å². The molecule has 3 aromatic rings. The molecule has 0 saturated carbocycles. The Morgan fingerprint density at radius 2 is 1.45 bits per heavy atom. The largest absolute Gasteiger partial charge is 0.352 e. The Morgan fingerprint density at radius 1 is 0.842 bits per heavy atom. The number of nitrogens with zero attached hydrogens (tertiary/aromatic N) is 1. The van der Waals surface area contributed by atoms with Crippen LogP contribution in [-0.2, 0) is 28.3 Å². The van der Waals surface area contributed by atoms with Crippen LogP contribution in [0.5, 0.6) is 0 Å². The van der Waals surface area contributed by atoms with Crippen molar-refractivity contribution >= 4 is 70.0 Å². The number of amides is 2. The molecule has 0 aliphatic carbocycles. The normalized spacial score (nSPS) is 12.6. The summed E-state index contributed by atoms with van der Waals surface area (Å²) in [4.78, 5) is 28.9. The molecule has 0 unspecified atom stereocenters. The van der Waals surface area contributed by atoms with Gasteiger partial charge in [0.1, 0.15) is 6.04 Å². The minimum atomic E-state index is -0.709. The first-order valence-electron chi connectivity index (χ1n) is 12.3. The fourth-order valence-electron chi connectivity index (χ4n) is 3.80. The SMILES string of the molecule is CC[C@H](C)NC(=O)[C@@H](Cc1ccccc1)N(Cc1ccc(Cl)c(Cl)c1)C(=O)CSCc1ccc(Cl)c(Cl)c1. The number of nitrogens with one attached hydrogen (secondary N) is 1. The average Bonchev–Trinajstić information content (AvgIpc) is 2.90. The molecule has 0 aromatic heterocycles. The van der Waals surface area contributed by atoms with Gasteiger partial charge in [0.15, 0.2) is 0 Å². The molecule has 2 atom stereocenters. The van der Waals surface area contributed by atoms with Crippen molar-refractivity contribution in [3.63, 3.8) is 0 Å². The van der Waals surface area contributed by atoms with Gasteiger partial charge >= 0.3 is 0 Å². The van der Waals surface area contributed by atoms with Crippen molar-refractivity contribution in [3.8, 4) is 0 Å². The van der Waals surface area contributed by atoms with Crippen molar-refractivity contribution < 1.29 is 9.59 Å². The summed E-state index contributed by atoms with van der Waals surface area (Å²) in [5.41, 5.74) is 2.72. The number of hydrogen-bond donors (Lipinski definition) is 1. The molecular weight excluding hydrogens is 582 g/mol. The van der Waals surface area contributed by atoms with Crippen LogP contribution in [0, 0.1) is 0 Å². The maximum atomic E-state index is 13.7. The zero-order chi connectivity index (χ0) is 27.7. The number of benzene rings is 3. The first-order valence-corrected chi connectivity index (χ1v) is 14.9. The highest BCUT2D eigenvalue weighted by atomic mass is 35.5. The van der Waals surface area contributed by atoms with Gasteiger partial charge in [0.25, 0.3) is 0 Å². The van der Waals surface area contributed by atoms with Gasteiger partial charge in [-0.05, 0) is 54.3 Å². The van der Waals surface area contributed by atoms with Crippen molar-refractivity contribution in [2.45, 2.75) is 51.1 Å². The van der Waals surface area contributed by atoms with Crippen LogP contribution in [0.1, 0.15) is 37.0 Å². The van der Waals surface area contributed by atoms with Crippen LogP contribution in [0.25, 0.3) is 0 Å². The molecule has 1 N–H and O–H groups in total. The summed E-state index contributed by atoms with van der Waals surface area (Å²) in [6.45, 7) is 4.18. The summed E-state index contributed by atoms with van der Waals surface area (Å²) < 4.78 is 0. The fraction of sp³-hybridized carbons (Fsp3) is 0.310. The van der Waals surface area contributed by atoms with Gasteiger partial charge < -0.3 is 10.2 Å². The highest BCUT2D eigenvalue weighted by molar-refractivity contribution is 7.99. The Morgan fingerprint density at radius 3 is 2.05 bits per heavy atom. The van der Waals surface area contributed by atoms with Gasteiger partial charge in [0, 0.05) is 24.8 Å². The van der Waals surface area contributed by atoms with Crippen molar-refractivity contribution in [1.29, 1.82) is 0 Å². The molecule has 2 amide bonds. The molecular formula is C29H30Cl4N2O2S. The van der Waals surface area contributed by atoms with Crippen LogP contribution in [0.3, 0.4) is 0 Å². The third-order valence-corrected chi connectivity index (χ3v) is 8.55. The summed E-state index contributed by atoms with van der Waals surface area (Å²) >= 11 is 26.0.